The molecule has 1 fully saturated rings. The Morgan fingerprint density at radius 2 is 1.86 bits per heavy atom. The summed E-state index contributed by atoms with van der Waals surface area (Å²) in [5, 5.41) is 3.12. The van der Waals surface area contributed by atoms with Crippen LogP contribution in [-0.2, 0) is 10.0 Å². The SMILES string of the molecule is CCCCC(CC)CNC(=O)c1ccc(Cl)c(S(=O)(=O)N2CCCCCC2)c1. The van der Waals surface area contributed by atoms with Crippen molar-refractivity contribution in [2.75, 3.05) is 19.6 Å². The van der Waals surface area contributed by atoms with Crippen LogP contribution in [0.1, 0.15) is 75.6 Å². The standard InChI is InChI=1S/C21H33ClN2O3S/c1-3-5-10-17(4-2)16-23-21(25)18-11-12-19(22)20(15-18)28(26,27)24-13-8-6-7-9-14-24/h11-12,15,17H,3-10,13-14,16H2,1-2H3,(H,23,25). The lowest BCUT2D eigenvalue weighted by Crippen LogP contribution is -2.33. The van der Waals surface area contributed by atoms with Crippen LogP contribution in [0.2, 0.25) is 5.02 Å². The Labute approximate surface area is 174 Å². The van der Waals surface area contributed by atoms with E-state index in [0.29, 0.717) is 31.1 Å². The Morgan fingerprint density at radius 1 is 1.18 bits per heavy atom. The van der Waals surface area contributed by atoms with Crippen molar-refractivity contribution >= 4 is 27.5 Å². The number of hydrogen-bond acceptors (Lipinski definition) is 3. The monoisotopic (exact) mass is 428 g/mol. The van der Waals surface area contributed by atoms with Gasteiger partial charge in [-0.3, -0.25) is 4.79 Å². The predicted octanol–water partition coefficient (Wildman–Crippen LogP) is 4.85. The Morgan fingerprint density at radius 3 is 2.46 bits per heavy atom. The highest BCUT2D eigenvalue weighted by Crippen LogP contribution is 2.27. The molecule has 1 aliphatic heterocycles. The van der Waals surface area contributed by atoms with Crippen molar-refractivity contribution in [3.05, 3.63) is 28.8 Å². The third-order valence-corrected chi connectivity index (χ3v) is 7.85. The summed E-state index contributed by atoms with van der Waals surface area (Å²) >= 11 is 6.22. The molecule has 0 bridgehead atoms. The minimum absolute atomic E-state index is 0.0294. The number of amides is 1. The van der Waals surface area contributed by atoms with Crippen molar-refractivity contribution in [2.45, 2.75) is 70.1 Å². The van der Waals surface area contributed by atoms with E-state index in [0.717, 1.165) is 51.4 Å². The molecule has 1 aromatic rings. The van der Waals surface area contributed by atoms with Gasteiger partial charge in [-0.05, 0) is 43.4 Å². The molecule has 1 heterocycles. The molecule has 1 N–H and O–H groups in total. The molecular weight excluding hydrogens is 396 g/mol. The van der Waals surface area contributed by atoms with Crippen LogP contribution in [0.25, 0.3) is 0 Å². The van der Waals surface area contributed by atoms with E-state index in [1.165, 1.54) is 16.4 Å². The summed E-state index contributed by atoms with van der Waals surface area (Å²) in [6.45, 7) is 5.90. The number of nitrogens with one attached hydrogen (secondary N) is 1. The van der Waals surface area contributed by atoms with Gasteiger partial charge in [-0.15, -0.1) is 0 Å². The molecular formula is C21H33ClN2O3S. The van der Waals surface area contributed by atoms with Gasteiger partial charge in [0, 0.05) is 25.2 Å². The molecule has 1 aliphatic rings. The van der Waals surface area contributed by atoms with Crippen LogP contribution in [0.3, 0.4) is 0 Å². The quantitative estimate of drug-likeness (QED) is 0.611. The van der Waals surface area contributed by atoms with E-state index < -0.39 is 10.0 Å². The summed E-state index contributed by atoms with van der Waals surface area (Å²) in [7, 11) is -3.70. The van der Waals surface area contributed by atoms with Crippen molar-refractivity contribution in [1.82, 2.24) is 9.62 Å². The van der Waals surface area contributed by atoms with Gasteiger partial charge < -0.3 is 5.32 Å². The largest absolute Gasteiger partial charge is 0.352 e. The van der Waals surface area contributed by atoms with Gasteiger partial charge in [0.05, 0.1) is 5.02 Å². The van der Waals surface area contributed by atoms with E-state index >= 15 is 0 Å². The van der Waals surface area contributed by atoms with E-state index in [-0.39, 0.29) is 15.8 Å². The van der Waals surface area contributed by atoms with Crippen LogP contribution >= 0.6 is 11.6 Å². The minimum Gasteiger partial charge on any atom is -0.352 e. The summed E-state index contributed by atoms with van der Waals surface area (Å²) in [5.74, 6) is 0.190. The maximum absolute atomic E-state index is 13.1. The minimum atomic E-state index is -3.70. The van der Waals surface area contributed by atoms with E-state index in [2.05, 4.69) is 19.2 Å². The van der Waals surface area contributed by atoms with Gasteiger partial charge >= 0.3 is 0 Å². The van der Waals surface area contributed by atoms with Gasteiger partial charge in [0.25, 0.3) is 5.91 Å². The maximum Gasteiger partial charge on any atom is 0.251 e. The van der Waals surface area contributed by atoms with E-state index in [9.17, 15) is 13.2 Å². The molecule has 1 aromatic carbocycles. The van der Waals surface area contributed by atoms with Gasteiger partial charge in [-0.1, -0.05) is 57.6 Å². The molecule has 28 heavy (non-hydrogen) atoms. The van der Waals surface area contributed by atoms with Gasteiger partial charge in [0.15, 0.2) is 0 Å². The molecule has 2 rings (SSSR count). The van der Waals surface area contributed by atoms with E-state index in [4.69, 9.17) is 11.6 Å². The molecule has 7 heteroatoms. The fourth-order valence-electron chi connectivity index (χ4n) is 3.55. The number of nitrogens with zero attached hydrogens (tertiary/aromatic N) is 1. The van der Waals surface area contributed by atoms with Crippen LogP contribution in [-0.4, -0.2) is 38.3 Å². The second-order valence-corrected chi connectivity index (χ2v) is 9.90. The first-order valence-electron chi connectivity index (χ1n) is 10.5. The number of carbonyl (C=O) groups excluding carboxylic acids is 1. The van der Waals surface area contributed by atoms with Gasteiger partial charge in [-0.2, -0.15) is 4.31 Å². The molecule has 1 saturated heterocycles. The Balaban J connectivity index is 2.14. The summed E-state index contributed by atoms with van der Waals surface area (Å²) in [6.07, 6.45) is 8.17. The maximum atomic E-state index is 13.1. The van der Waals surface area contributed by atoms with Crippen molar-refractivity contribution in [2.24, 2.45) is 5.92 Å². The molecule has 1 unspecified atom stereocenters. The number of rotatable bonds is 9. The predicted molar refractivity (Wildman–Crippen MR) is 114 cm³/mol. The van der Waals surface area contributed by atoms with Crippen molar-refractivity contribution in [3.63, 3.8) is 0 Å². The van der Waals surface area contributed by atoms with Crippen molar-refractivity contribution in [1.29, 1.82) is 0 Å². The number of halogens is 1. The van der Waals surface area contributed by atoms with E-state index in [1.807, 2.05) is 0 Å². The number of hydrogen-bond donors (Lipinski definition) is 1. The molecule has 0 spiro atoms. The fourth-order valence-corrected chi connectivity index (χ4v) is 5.56. The van der Waals surface area contributed by atoms with Crippen LogP contribution in [0, 0.1) is 5.92 Å². The summed E-state index contributed by atoms with van der Waals surface area (Å²) in [4.78, 5) is 12.6. The zero-order chi connectivity index (χ0) is 20.6. The third kappa shape index (κ3) is 6.19. The van der Waals surface area contributed by atoms with Gasteiger partial charge in [0.1, 0.15) is 4.90 Å². The summed E-state index contributed by atoms with van der Waals surface area (Å²) < 4.78 is 27.7. The van der Waals surface area contributed by atoms with Crippen LogP contribution in [0.4, 0.5) is 0 Å². The van der Waals surface area contributed by atoms with Crippen molar-refractivity contribution in [3.8, 4) is 0 Å². The third-order valence-electron chi connectivity index (χ3n) is 5.47. The lowest BCUT2D eigenvalue weighted by molar-refractivity contribution is 0.0945. The fraction of sp³-hybridized carbons (Fsp3) is 0.667. The molecule has 0 radical (unpaired) electrons. The molecule has 158 valence electrons. The zero-order valence-corrected chi connectivity index (χ0v) is 18.6. The Kier molecular flexibility index (Phi) is 9.25. The topological polar surface area (TPSA) is 66.5 Å². The molecule has 0 saturated carbocycles. The Hall–Kier alpha value is -1.11. The molecule has 5 nitrogen and oxygen atoms in total. The Bertz CT molecular complexity index is 744. The highest BCUT2D eigenvalue weighted by molar-refractivity contribution is 7.89. The van der Waals surface area contributed by atoms with Gasteiger partial charge in [-0.25, -0.2) is 8.42 Å². The first-order valence-corrected chi connectivity index (χ1v) is 12.3. The highest BCUT2D eigenvalue weighted by atomic mass is 35.5. The number of unbranched alkanes of at least 4 members (excludes halogenated alkanes) is 1. The average molecular weight is 429 g/mol. The number of benzene rings is 1. The highest BCUT2D eigenvalue weighted by Gasteiger charge is 2.28. The summed E-state index contributed by atoms with van der Waals surface area (Å²) in [5.41, 5.74) is 0.336. The molecule has 1 atom stereocenters. The second-order valence-electron chi connectivity index (χ2n) is 7.59. The van der Waals surface area contributed by atoms with E-state index in [1.54, 1.807) is 6.07 Å². The van der Waals surface area contributed by atoms with Crippen molar-refractivity contribution < 1.29 is 13.2 Å². The second kappa shape index (κ2) is 11.2. The molecule has 0 aliphatic carbocycles. The number of sulfonamides is 1. The molecule has 0 aromatic heterocycles. The lowest BCUT2D eigenvalue weighted by Gasteiger charge is -2.21. The number of carbonyl (C=O) groups is 1. The van der Waals surface area contributed by atoms with Gasteiger partial charge in [0.2, 0.25) is 10.0 Å². The van der Waals surface area contributed by atoms with Crippen LogP contribution < -0.4 is 5.32 Å². The smallest absolute Gasteiger partial charge is 0.251 e. The first-order chi connectivity index (χ1) is 13.4. The summed E-state index contributed by atoms with van der Waals surface area (Å²) in [6, 6.07) is 4.52. The van der Waals surface area contributed by atoms with Crippen LogP contribution in [0.5, 0.6) is 0 Å². The molecule has 1 amide bonds. The van der Waals surface area contributed by atoms with Crippen LogP contribution in [0.15, 0.2) is 23.1 Å². The lowest BCUT2D eigenvalue weighted by atomic mass is 9.99. The first kappa shape index (κ1) is 23.2. The zero-order valence-electron chi connectivity index (χ0n) is 17.0. The normalized spacial score (nSPS) is 17.1. The average Bonchev–Trinajstić information content (AvgIpc) is 2.98.